The molecule has 33 heavy (non-hydrogen) atoms. The highest BCUT2D eigenvalue weighted by molar-refractivity contribution is 5.93. The SMILES string of the molecule is CCN(CC)CCNC(=O)Nc1cc(Oc2ccc3ccn(C(=O)OC(N)=O)c3c2)ccn1. The molecule has 0 aliphatic carbocycles. The summed E-state index contributed by atoms with van der Waals surface area (Å²) in [5.41, 5.74) is 5.39. The van der Waals surface area contributed by atoms with E-state index in [9.17, 15) is 14.4 Å². The standard InChI is InChI=1S/C22H26N6O5/c1-3-27(4-2)12-10-25-21(30)26-19-14-17(7-9-24-19)32-16-6-5-15-8-11-28(18(15)13-16)22(31)33-20(23)29/h5-9,11,13-14H,3-4,10,12H2,1-2H3,(H2,23,29)(H2,24,25,26,30). The van der Waals surface area contributed by atoms with E-state index in [-0.39, 0.29) is 6.03 Å². The van der Waals surface area contributed by atoms with Crippen LogP contribution in [0.1, 0.15) is 13.8 Å². The number of aromatic nitrogens is 2. The minimum absolute atomic E-state index is 0.322. The number of fused-ring (bicyclic) bond motifs is 1. The van der Waals surface area contributed by atoms with E-state index in [4.69, 9.17) is 10.5 Å². The van der Waals surface area contributed by atoms with Crippen molar-refractivity contribution in [3.05, 3.63) is 48.8 Å². The summed E-state index contributed by atoms with van der Waals surface area (Å²) in [5, 5.41) is 6.21. The molecule has 0 radical (unpaired) electrons. The Morgan fingerprint density at radius 3 is 2.58 bits per heavy atom. The summed E-state index contributed by atoms with van der Waals surface area (Å²) in [4.78, 5) is 41.4. The Labute approximate surface area is 190 Å². The molecule has 0 fully saturated rings. The van der Waals surface area contributed by atoms with Gasteiger partial charge in [-0.3, -0.25) is 9.88 Å². The summed E-state index contributed by atoms with van der Waals surface area (Å²) >= 11 is 0. The fraction of sp³-hybridized carbons (Fsp3) is 0.273. The van der Waals surface area contributed by atoms with Gasteiger partial charge in [-0.1, -0.05) is 13.8 Å². The van der Waals surface area contributed by atoms with Gasteiger partial charge in [-0.2, -0.15) is 0 Å². The summed E-state index contributed by atoms with van der Waals surface area (Å²) in [7, 11) is 0. The molecule has 0 saturated carbocycles. The molecule has 1 aromatic carbocycles. The van der Waals surface area contributed by atoms with Crippen molar-refractivity contribution < 1.29 is 23.9 Å². The monoisotopic (exact) mass is 454 g/mol. The second kappa shape index (κ2) is 11.0. The van der Waals surface area contributed by atoms with E-state index in [1.807, 2.05) is 0 Å². The minimum Gasteiger partial charge on any atom is -0.457 e. The van der Waals surface area contributed by atoms with Crippen LogP contribution in [0, 0.1) is 0 Å². The van der Waals surface area contributed by atoms with Crippen LogP contribution in [0.2, 0.25) is 0 Å². The van der Waals surface area contributed by atoms with Crippen LogP contribution in [0.4, 0.5) is 20.2 Å². The molecule has 174 valence electrons. The van der Waals surface area contributed by atoms with E-state index in [2.05, 4.69) is 39.1 Å². The molecular weight excluding hydrogens is 428 g/mol. The molecule has 11 heteroatoms. The summed E-state index contributed by atoms with van der Waals surface area (Å²) < 4.78 is 11.4. The summed E-state index contributed by atoms with van der Waals surface area (Å²) in [5.74, 6) is 1.18. The number of primary amides is 1. The first-order valence-corrected chi connectivity index (χ1v) is 10.4. The van der Waals surface area contributed by atoms with Crippen LogP contribution < -0.4 is 21.1 Å². The molecule has 0 aliphatic rings. The molecule has 3 amide bonds. The van der Waals surface area contributed by atoms with Gasteiger partial charge in [-0.15, -0.1) is 0 Å². The number of urea groups is 1. The van der Waals surface area contributed by atoms with Crippen molar-refractivity contribution in [3.8, 4) is 11.5 Å². The van der Waals surface area contributed by atoms with Gasteiger partial charge < -0.3 is 25.4 Å². The van der Waals surface area contributed by atoms with Crippen LogP contribution in [0.5, 0.6) is 11.5 Å². The number of carbonyl (C=O) groups excluding carboxylic acids is 3. The van der Waals surface area contributed by atoms with Crippen molar-refractivity contribution in [1.29, 1.82) is 0 Å². The fourth-order valence-electron chi connectivity index (χ4n) is 3.17. The highest BCUT2D eigenvalue weighted by Gasteiger charge is 2.14. The molecule has 0 bridgehead atoms. The summed E-state index contributed by atoms with van der Waals surface area (Å²) in [6, 6.07) is 9.63. The van der Waals surface area contributed by atoms with E-state index in [0.29, 0.717) is 29.4 Å². The van der Waals surface area contributed by atoms with Gasteiger partial charge in [0, 0.05) is 43.0 Å². The first-order valence-electron chi connectivity index (χ1n) is 10.4. The molecule has 0 spiro atoms. The number of pyridine rings is 1. The normalized spacial score (nSPS) is 10.8. The van der Waals surface area contributed by atoms with Crippen LogP contribution in [-0.4, -0.2) is 58.8 Å². The molecule has 2 heterocycles. The quantitative estimate of drug-likeness (QED) is 0.443. The van der Waals surface area contributed by atoms with Crippen LogP contribution >= 0.6 is 0 Å². The average Bonchev–Trinajstić information content (AvgIpc) is 3.20. The van der Waals surface area contributed by atoms with Crippen molar-refractivity contribution >= 4 is 34.9 Å². The molecule has 0 atom stereocenters. The molecule has 0 aliphatic heterocycles. The predicted octanol–water partition coefficient (Wildman–Crippen LogP) is 3.36. The van der Waals surface area contributed by atoms with Crippen LogP contribution in [0.15, 0.2) is 48.8 Å². The number of hydrogen-bond donors (Lipinski definition) is 3. The molecule has 3 rings (SSSR count). The first kappa shape index (κ1) is 23.5. The number of anilines is 1. The van der Waals surface area contributed by atoms with Crippen LogP contribution in [0.3, 0.4) is 0 Å². The Morgan fingerprint density at radius 1 is 1.09 bits per heavy atom. The van der Waals surface area contributed by atoms with Gasteiger partial charge in [-0.25, -0.2) is 19.4 Å². The zero-order valence-corrected chi connectivity index (χ0v) is 18.4. The number of nitrogens with two attached hydrogens (primary N) is 1. The number of nitrogens with one attached hydrogen (secondary N) is 2. The third kappa shape index (κ3) is 6.43. The summed E-state index contributed by atoms with van der Waals surface area (Å²) in [6.45, 7) is 7.25. The minimum atomic E-state index is -1.19. The van der Waals surface area contributed by atoms with Crippen molar-refractivity contribution in [2.75, 3.05) is 31.5 Å². The van der Waals surface area contributed by atoms with Crippen LogP contribution in [-0.2, 0) is 4.74 Å². The Morgan fingerprint density at radius 2 is 1.85 bits per heavy atom. The Kier molecular flexibility index (Phi) is 7.82. The third-order valence-electron chi connectivity index (χ3n) is 4.87. The number of ether oxygens (including phenoxy) is 2. The smallest absolute Gasteiger partial charge is 0.427 e. The van der Waals surface area contributed by atoms with E-state index in [1.165, 1.54) is 12.4 Å². The predicted molar refractivity (Wildman–Crippen MR) is 123 cm³/mol. The highest BCUT2D eigenvalue weighted by atomic mass is 16.6. The van der Waals surface area contributed by atoms with Gasteiger partial charge in [0.15, 0.2) is 0 Å². The van der Waals surface area contributed by atoms with E-state index in [1.54, 1.807) is 36.4 Å². The van der Waals surface area contributed by atoms with Crippen molar-refractivity contribution in [3.63, 3.8) is 0 Å². The lowest BCUT2D eigenvalue weighted by Crippen LogP contribution is -2.37. The Hall–Kier alpha value is -4.12. The Balaban J connectivity index is 1.65. The van der Waals surface area contributed by atoms with Gasteiger partial charge in [0.05, 0.1) is 5.52 Å². The molecule has 2 aromatic heterocycles. The second-order valence-corrected chi connectivity index (χ2v) is 6.98. The average molecular weight is 454 g/mol. The zero-order chi connectivity index (χ0) is 23.8. The van der Waals surface area contributed by atoms with Gasteiger partial charge in [0.1, 0.15) is 17.3 Å². The lowest BCUT2D eigenvalue weighted by atomic mass is 10.2. The molecule has 3 aromatic rings. The number of nitrogens with zero attached hydrogens (tertiary/aromatic N) is 3. The molecule has 4 N–H and O–H groups in total. The molecule has 11 nitrogen and oxygen atoms in total. The Bertz CT molecular complexity index is 1140. The third-order valence-corrected chi connectivity index (χ3v) is 4.87. The maximum atomic E-state index is 12.1. The molecular formula is C22H26N6O5. The summed E-state index contributed by atoms with van der Waals surface area (Å²) in [6.07, 6.45) is 0.861. The molecule has 0 unspecified atom stereocenters. The number of benzene rings is 1. The van der Waals surface area contributed by atoms with E-state index < -0.39 is 12.2 Å². The largest absolute Gasteiger partial charge is 0.457 e. The van der Waals surface area contributed by atoms with E-state index in [0.717, 1.165) is 29.6 Å². The first-order chi connectivity index (χ1) is 15.9. The number of carbonyl (C=O) groups is 3. The van der Waals surface area contributed by atoms with Crippen molar-refractivity contribution in [2.24, 2.45) is 5.73 Å². The van der Waals surface area contributed by atoms with Crippen molar-refractivity contribution in [2.45, 2.75) is 13.8 Å². The highest BCUT2D eigenvalue weighted by Crippen LogP contribution is 2.27. The fourth-order valence-corrected chi connectivity index (χ4v) is 3.17. The van der Waals surface area contributed by atoms with Gasteiger partial charge in [0.25, 0.3) is 0 Å². The second-order valence-electron chi connectivity index (χ2n) is 6.98. The van der Waals surface area contributed by atoms with Gasteiger partial charge >= 0.3 is 18.2 Å². The molecule has 0 saturated heterocycles. The number of rotatable bonds is 8. The number of amides is 3. The zero-order valence-electron chi connectivity index (χ0n) is 18.4. The number of hydrogen-bond acceptors (Lipinski definition) is 7. The van der Waals surface area contributed by atoms with Gasteiger partial charge in [0.2, 0.25) is 0 Å². The van der Waals surface area contributed by atoms with Crippen LogP contribution in [0.25, 0.3) is 10.9 Å². The lowest BCUT2D eigenvalue weighted by molar-refractivity contribution is 0.159. The van der Waals surface area contributed by atoms with E-state index >= 15 is 0 Å². The lowest BCUT2D eigenvalue weighted by Gasteiger charge is -2.18. The number of likely N-dealkylation sites (N-methyl/N-ethyl adjacent to an activating group) is 1. The maximum Gasteiger partial charge on any atom is 0.427 e. The van der Waals surface area contributed by atoms with Gasteiger partial charge in [-0.05, 0) is 37.4 Å². The van der Waals surface area contributed by atoms with Crippen molar-refractivity contribution in [1.82, 2.24) is 19.8 Å². The maximum absolute atomic E-state index is 12.1. The topological polar surface area (TPSA) is 141 Å².